The maximum atomic E-state index is 12.8. The van der Waals surface area contributed by atoms with Crippen LogP contribution in [0, 0.1) is 6.92 Å². The zero-order valence-corrected chi connectivity index (χ0v) is 16.3. The van der Waals surface area contributed by atoms with Crippen molar-refractivity contribution < 1.29 is 4.79 Å². The van der Waals surface area contributed by atoms with E-state index in [-0.39, 0.29) is 11.5 Å². The van der Waals surface area contributed by atoms with Crippen molar-refractivity contribution in [1.82, 2.24) is 9.36 Å². The van der Waals surface area contributed by atoms with Crippen molar-refractivity contribution in [2.75, 3.05) is 5.32 Å². The number of unbranched alkanes of at least 4 members (excludes halogenated alkanes) is 6. The monoisotopic (exact) mass is 357 g/mol. The molecule has 0 bridgehead atoms. The minimum Gasteiger partial charge on any atom is -0.320 e. The topological polar surface area (TPSA) is 56.0 Å². The van der Waals surface area contributed by atoms with Crippen LogP contribution in [-0.2, 0) is 11.8 Å². The molecule has 1 aromatic heterocycles. The van der Waals surface area contributed by atoms with Crippen LogP contribution in [0.1, 0.15) is 64.0 Å². The van der Waals surface area contributed by atoms with Crippen molar-refractivity contribution in [3.63, 3.8) is 0 Å². The quantitative estimate of drug-likeness (QED) is 0.634. The molecule has 0 atom stereocenters. The fraction of sp³-hybridized carbons (Fsp3) is 0.524. The summed E-state index contributed by atoms with van der Waals surface area (Å²) in [5.41, 5.74) is 1.73. The Bertz CT molecular complexity index is 760. The average molecular weight is 357 g/mol. The van der Waals surface area contributed by atoms with Crippen LogP contribution in [0.25, 0.3) is 5.69 Å². The molecule has 1 N–H and O–H groups in total. The summed E-state index contributed by atoms with van der Waals surface area (Å²) in [6.45, 7) is 4.06. The Kier molecular flexibility index (Phi) is 7.70. The molecular formula is C21H31N3O2. The third-order valence-electron chi connectivity index (χ3n) is 4.83. The van der Waals surface area contributed by atoms with E-state index in [1.165, 1.54) is 32.1 Å². The minimum atomic E-state index is -0.191. The molecule has 0 radical (unpaired) electrons. The average Bonchev–Trinajstić information content (AvgIpc) is 2.85. The van der Waals surface area contributed by atoms with Gasteiger partial charge in [0.2, 0.25) is 5.91 Å². The fourth-order valence-electron chi connectivity index (χ4n) is 3.16. The van der Waals surface area contributed by atoms with Crippen LogP contribution >= 0.6 is 0 Å². The number of aromatic nitrogens is 2. The molecule has 0 aliphatic rings. The Morgan fingerprint density at radius 1 is 1.00 bits per heavy atom. The van der Waals surface area contributed by atoms with Crippen molar-refractivity contribution in [3.8, 4) is 5.69 Å². The molecular weight excluding hydrogens is 326 g/mol. The molecule has 0 saturated carbocycles. The second-order valence-corrected chi connectivity index (χ2v) is 6.86. The number of anilines is 1. The first kappa shape index (κ1) is 20.0. The van der Waals surface area contributed by atoms with Gasteiger partial charge in [-0.15, -0.1) is 0 Å². The summed E-state index contributed by atoms with van der Waals surface area (Å²) in [7, 11) is 1.83. The van der Waals surface area contributed by atoms with Crippen LogP contribution < -0.4 is 10.9 Å². The summed E-state index contributed by atoms with van der Waals surface area (Å²) < 4.78 is 3.36. The molecule has 5 heteroatoms. The lowest BCUT2D eigenvalue weighted by molar-refractivity contribution is -0.116. The van der Waals surface area contributed by atoms with Gasteiger partial charge in [-0.1, -0.05) is 63.6 Å². The van der Waals surface area contributed by atoms with E-state index in [1.807, 2.05) is 44.3 Å². The van der Waals surface area contributed by atoms with Crippen LogP contribution in [0.2, 0.25) is 0 Å². The minimum absolute atomic E-state index is 0.0791. The lowest BCUT2D eigenvalue weighted by Crippen LogP contribution is -2.22. The lowest BCUT2D eigenvalue weighted by Gasteiger charge is -2.07. The molecule has 26 heavy (non-hydrogen) atoms. The molecule has 1 amide bonds. The van der Waals surface area contributed by atoms with Gasteiger partial charge in [0.05, 0.1) is 11.4 Å². The Morgan fingerprint density at radius 2 is 1.62 bits per heavy atom. The van der Waals surface area contributed by atoms with E-state index in [4.69, 9.17) is 0 Å². The Hall–Kier alpha value is -2.30. The predicted molar refractivity (Wildman–Crippen MR) is 107 cm³/mol. The summed E-state index contributed by atoms with van der Waals surface area (Å²) in [6, 6.07) is 9.46. The number of hydrogen-bond acceptors (Lipinski definition) is 2. The summed E-state index contributed by atoms with van der Waals surface area (Å²) >= 11 is 0. The molecule has 0 spiro atoms. The highest BCUT2D eigenvalue weighted by Gasteiger charge is 2.17. The zero-order chi connectivity index (χ0) is 18.9. The van der Waals surface area contributed by atoms with Crippen LogP contribution in [0.3, 0.4) is 0 Å². The molecule has 142 valence electrons. The highest BCUT2D eigenvalue weighted by atomic mass is 16.2. The van der Waals surface area contributed by atoms with E-state index < -0.39 is 0 Å². The van der Waals surface area contributed by atoms with Gasteiger partial charge in [-0.2, -0.15) is 0 Å². The fourth-order valence-corrected chi connectivity index (χ4v) is 3.16. The molecule has 1 aromatic carbocycles. The first-order valence-electron chi connectivity index (χ1n) is 9.70. The van der Waals surface area contributed by atoms with Gasteiger partial charge in [0.25, 0.3) is 5.56 Å². The van der Waals surface area contributed by atoms with Crippen molar-refractivity contribution >= 4 is 11.6 Å². The van der Waals surface area contributed by atoms with Gasteiger partial charge in [-0.25, -0.2) is 4.68 Å². The van der Waals surface area contributed by atoms with Gasteiger partial charge >= 0.3 is 0 Å². The van der Waals surface area contributed by atoms with Crippen LogP contribution in [0.15, 0.2) is 35.1 Å². The van der Waals surface area contributed by atoms with Crippen molar-refractivity contribution in [1.29, 1.82) is 0 Å². The Labute approximate surface area is 156 Å². The maximum Gasteiger partial charge on any atom is 0.295 e. The zero-order valence-electron chi connectivity index (χ0n) is 16.3. The standard InChI is InChI=1S/C21H31N3O2/c1-4-5-6-7-8-9-13-16-19(25)22-20-17(2)23(3)24(21(20)26)18-14-11-10-12-15-18/h10-12,14-15H,4-9,13,16H2,1-3H3,(H,22,25). The highest BCUT2D eigenvalue weighted by molar-refractivity contribution is 5.91. The smallest absolute Gasteiger partial charge is 0.295 e. The van der Waals surface area contributed by atoms with E-state index in [2.05, 4.69) is 12.2 Å². The molecule has 0 saturated heterocycles. The third kappa shape index (κ3) is 5.10. The molecule has 0 unspecified atom stereocenters. The summed E-state index contributed by atoms with van der Waals surface area (Å²) in [5.74, 6) is -0.0791. The van der Waals surface area contributed by atoms with Crippen molar-refractivity contribution in [2.24, 2.45) is 7.05 Å². The molecule has 0 fully saturated rings. The lowest BCUT2D eigenvalue weighted by atomic mass is 10.1. The Morgan fingerprint density at radius 3 is 2.27 bits per heavy atom. The van der Waals surface area contributed by atoms with E-state index in [1.54, 1.807) is 9.36 Å². The molecule has 2 rings (SSSR count). The van der Waals surface area contributed by atoms with Crippen molar-refractivity contribution in [3.05, 3.63) is 46.4 Å². The van der Waals surface area contributed by atoms with E-state index in [0.29, 0.717) is 12.1 Å². The van der Waals surface area contributed by atoms with Crippen LogP contribution in [-0.4, -0.2) is 15.3 Å². The maximum absolute atomic E-state index is 12.8. The first-order valence-corrected chi connectivity index (χ1v) is 9.70. The number of carbonyl (C=O) groups excluding carboxylic acids is 1. The number of nitrogens with zero attached hydrogens (tertiary/aromatic N) is 2. The van der Waals surface area contributed by atoms with Gasteiger partial charge in [-0.05, 0) is 25.5 Å². The molecule has 0 aliphatic carbocycles. The number of para-hydroxylation sites is 1. The number of nitrogens with one attached hydrogen (secondary N) is 1. The molecule has 1 heterocycles. The number of hydrogen-bond donors (Lipinski definition) is 1. The summed E-state index contributed by atoms with van der Waals surface area (Å²) in [4.78, 5) is 25.0. The number of amides is 1. The highest BCUT2D eigenvalue weighted by Crippen LogP contribution is 2.15. The van der Waals surface area contributed by atoms with Crippen LogP contribution in [0.4, 0.5) is 5.69 Å². The van der Waals surface area contributed by atoms with Gasteiger partial charge in [0, 0.05) is 13.5 Å². The van der Waals surface area contributed by atoms with E-state index in [0.717, 1.165) is 24.2 Å². The molecule has 0 aliphatic heterocycles. The predicted octanol–water partition coefficient (Wildman–Crippen LogP) is 4.56. The largest absolute Gasteiger partial charge is 0.320 e. The normalized spacial score (nSPS) is 10.9. The van der Waals surface area contributed by atoms with E-state index in [9.17, 15) is 9.59 Å². The third-order valence-corrected chi connectivity index (χ3v) is 4.83. The van der Waals surface area contributed by atoms with Gasteiger partial charge < -0.3 is 5.32 Å². The van der Waals surface area contributed by atoms with Gasteiger partial charge in [-0.3, -0.25) is 14.3 Å². The Balaban J connectivity index is 1.93. The molecule has 2 aromatic rings. The SMILES string of the molecule is CCCCCCCCCC(=O)Nc1c(C)n(C)n(-c2ccccc2)c1=O. The second-order valence-electron chi connectivity index (χ2n) is 6.86. The first-order chi connectivity index (χ1) is 12.6. The van der Waals surface area contributed by atoms with Crippen LogP contribution in [0.5, 0.6) is 0 Å². The van der Waals surface area contributed by atoms with E-state index >= 15 is 0 Å². The number of benzene rings is 1. The van der Waals surface area contributed by atoms with Gasteiger partial charge in [0.15, 0.2) is 0 Å². The summed E-state index contributed by atoms with van der Waals surface area (Å²) in [5, 5.41) is 2.83. The van der Waals surface area contributed by atoms with Crippen molar-refractivity contribution in [2.45, 2.75) is 65.2 Å². The van der Waals surface area contributed by atoms with Gasteiger partial charge in [0.1, 0.15) is 5.69 Å². The number of rotatable bonds is 10. The molecule has 5 nitrogen and oxygen atoms in total. The second kappa shape index (κ2) is 10.00. The number of carbonyl (C=O) groups is 1. The summed E-state index contributed by atoms with van der Waals surface area (Å²) in [6.07, 6.45) is 8.65.